The number of nitrogens with zero attached hydrogens (tertiary/aromatic N) is 2. The highest BCUT2D eigenvalue weighted by molar-refractivity contribution is 6.30. The van der Waals surface area contributed by atoms with E-state index in [2.05, 4.69) is 22.2 Å². The number of hydrogen-bond acceptors (Lipinski definition) is 3. The van der Waals surface area contributed by atoms with E-state index in [4.69, 9.17) is 11.6 Å². The minimum atomic E-state index is 0.0605. The maximum Gasteiger partial charge on any atom is 0.0801 e. The Morgan fingerprint density at radius 1 is 1.16 bits per heavy atom. The largest absolute Gasteiger partial charge is 0.305 e. The number of aromatic nitrogens is 2. The Morgan fingerprint density at radius 3 is 2.47 bits per heavy atom. The van der Waals surface area contributed by atoms with E-state index in [-0.39, 0.29) is 6.04 Å². The SMILES string of the molecule is CCCNC(c1ccc(Cl)cc1)c1cnc(C)cn1. The van der Waals surface area contributed by atoms with Gasteiger partial charge in [-0.3, -0.25) is 9.97 Å². The summed E-state index contributed by atoms with van der Waals surface area (Å²) in [5, 5.41) is 4.24. The van der Waals surface area contributed by atoms with Crippen LogP contribution in [0.4, 0.5) is 0 Å². The Bertz CT molecular complexity index is 462. The summed E-state index contributed by atoms with van der Waals surface area (Å²) in [7, 11) is 0. The zero-order valence-corrected chi connectivity index (χ0v) is 12.0. The molecule has 4 heteroatoms. The minimum absolute atomic E-state index is 0.0605. The van der Waals surface area contributed by atoms with Gasteiger partial charge < -0.3 is 5.32 Å². The topological polar surface area (TPSA) is 37.8 Å². The van der Waals surface area contributed by atoms with Crippen molar-refractivity contribution in [3.8, 4) is 0 Å². The molecule has 0 aliphatic heterocycles. The quantitative estimate of drug-likeness (QED) is 0.907. The average molecular weight is 276 g/mol. The molecule has 100 valence electrons. The summed E-state index contributed by atoms with van der Waals surface area (Å²) in [5.74, 6) is 0. The monoisotopic (exact) mass is 275 g/mol. The Balaban J connectivity index is 2.29. The van der Waals surface area contributed by atoms with Crippen LogP contribution in [0.3, 0.4) is 0 Å². The lowest BCUT2D eigenvalue weighted by molar-refractivity contribution is 0.584. The van der Waals surface area contributed by atoms with Crippen molar-refractivity contribution in [2.45, 2.75) is 26.3 Å². The van der Waals surface area contributed by atoms with Crippen molar-refractivity contribution in [1.29, 1.82) is 0 Å². The Labute approximate surface area is 119 Å². The molecule has 0 saturated heterocycles. The number of nitrogens with one attached hydrogen (secondary N) is 1. The van der Waals surface area contributed by atoms with Gasteiger partial charge in [-0.05, 0) is 37.6 Å². The van der Waals surface area contributed by atoms with Crippen molar-refractivity contribution in [2.75, 3.05) is 6.54 Å². The number of halogens is 1. The molecule has 0 bridgehead atoms. The van der Waals surface area contributed by atoms with E-state index < -0.39 is 0 Å². The molecule has 2 rings (SSSR count). The Hall–Kier alpha value is -1.45. The second kappa shape index (κ2) is 6.64. The molecule has 0 aliphatic carbocycles. The highest BCUT2D eigenvalue weighted by Gasteiger charge is 2.14. The third-order valence-electron chi connectivity index (χ3n) is 2.90. The van der Waals surface area contributed by atoms with Crippen LogP contribution in [0.5, 0.6) is 0 Å². The van der Waals surface area contributed by atoms with Gasteiger partial charge in [0.1, 0.15) is 0 Å². The smallest absolute Gasteiger partial charge is 0.0801 e. The zero-order valence-electron chi connectivity index (χ0n) is 11.2. The van der Waals surface area contributed by atoms with Crippen LogP contribution in [-0.4, -0.2) is 16.5 Å². The lowest BCUT2D eigenvalue weighted by Crippen LogP contribution is -2.24. The van der Waals surface area contributed by atoms with Crippen LogP contribution in [-0.2, 0) is 0 Å². The second-order valence-electron chi connectivity index (χ2n) is 4.52. The molecule has 1 atom stereocenters. The van der Waals surface area contributed by atoms with Gasteiger partial charge >= 0.3 is 0 Å². The van der Waals surface area contributed by atoms with E-state index in [0.29, 0.717) is 0 Å². The van der Waals surface area contributed by atoms with Crippen LogP contribution < -0.4 is 5.32 Å². The van der Waals surface area contributed by atoms with Gasteiger partial charge in [-0.1, -0.05) is 30.7 Å². The Kier molecular flexibility index (Phi) is 4.88. The first-order valence-electron chi connectivity index (χ1n) is 6.48. The highest BCUT2D eigenvalue weighted by Crippen LogP contribution is 2.21. The lowest BCUT2D eigenvalue weighted by Gasteiger charge is -2.18. The number of rotatable bonds is 5. The minimum Gasteiger partial charge on any atom is -0.305 e. The van der Waals surface area contributed by atoms with Crippen LogP contribution >= 0.6 is 11.6 Å². The van der Waals surface area contributed by atoms with E-state index in [1.165, 1.54) is 0 Å². The first-order chi connectivity index (χ1) is 9.20. The van der Waals surface area contributed by atoms with Crippen LogP contribution in [0.2, 0.25) is 5.02 Å². The second-order valence-corrected chi connectivity index (χ2v) is 4.96. The molecule has 0 spiro atoms. The fourth-order valence-electron chi connectivity index (χ4n) is 1.89. The molecule has 0 saturated carbocycles. The molecule has 2 aromatic rings. The van der Waals surface area contributed by atoms with Gasteiger partial charge in [0.25, 0.3) is 0 Å². The van der Waals surface area contributed by atoms with E-state index >= 15 is 0 Å². The van der Waals surface area contributed by atoms with Crippen molar-refractivity contribution in [1.82, 2.24) is 15.3 Å². The van der Waals surface area contributed by atoms with E-state index in [1.807, 2.05) is 37.4 Å². The van der Waals surface area contributed by atoms with Crippen molar-refractivity contribution < 1.29 is 0 Å². The molecular formula is C15H18ClN3. The van der Waals surface area contributed by atoms with E-state index in [0.717, 1.165) is 34.9 Å². The molecule has 1 heterocycles. The lowest BCUT2D eigenvalue weighted by atomic mass is 10.0. The van der Waals surface area contributed by atoms with Crippen LogP contribution in [0.25, 0.3) is 0 Å². The molecule has 19 heavy (non-hydrogen) atoms. The fraction of sp³-hybridized carbons (Fsp3) is 0.333. The first-order valence-corrected chi connectivity index (χ1v) is 6.86. The predicted octanol–water partition coefficient (Wildman–Crippen LogP) is 3.53. The number of aryl methyl sites for hydroxylation is 1. The standard InChI is InChI=1S/C15H18ClN3/c1-3-8-17-15(12-4-6-13(16)7-5-12)14-10-18-11(2)9-19-14/h4-7,9-10,15,17H,3,8H2,1-2H3. The normalized spacial score (nSPS) is 12.4. The van der Waals surface area contributed by atoms with Gasteiger partial charge in [0.2, 0.25) is 0 Å². The molecule has 1 aromatic heterocycles. The molecule has 0 fully saturated rings. The molecule has 1 N–H and O–H groups in total. The maximum absolute atomic E-state index is 5.94. The van der Waals surface area contributed by atoms with Crippen LogP contribution in [0, 0.1) is 6.92 Å². The predicted molar refractivity (Wildman–Crippen MR) is 78.4 cm³/mol. The first kappa shape index (κ1) is 14.0. The maximum atomic E-state index is 5.94. The van der Waals surface area contributed by atoms with Gasteiger partial charge in [0.05, 0.1) is 23.6 Å². The summed E-state index contributed by atoms with van der Waals surface area (Å²) in [6, 6.07) is 7.91. The third-order valence-corrected chi connectivity index (χ3v) is 3.15. The third kappa shape index (κ3) is 3.75. The van der Waals surface area contributed by atoms with Crippen LogP contribution in [0.15, 0.2) is 36.7 Å². The summed E-state index contributed by atoms with van der Waals surface area (Å²) in [6.07, 6.45) is 4.70. The van der Waals surface area contributed by atoms with Gasteiger partial charge in [-0.25, -0.2) is 0 Å². The van der Waals surface area contributed by atoms with Gasteiger partial charge in [0, 0.05) is 11.2 Å². The summed E-state index contributed by atoms with van der Waals surface area (Å²) in [6.45, 7) is 5.02. The average Bonchev–Trinajstić information content (AvgIpc) is 2.43. The Morgan fingerprint density at radius 2 is 1.89 bits per heavy atom. The van der Waals surface area contributed by atoms with Gasteiger partial charge in [-0.15, -0.1) is 0 Å². The summed E-state index contributed by atoms with van der Waals surface area (Å²) in [4.78, 5) is 8.79. The van der Waals surface area contributed by atoms with E-state index in [1.54, 1.807) is 6.20 Å². The molecular weight excluding hydrogens is 258 g/mol. The van der Waals surface area contributed by atoms with Gasteiger partial charge in [-0.2, -0.15) is 0 Å². The molecule has 0 amide bonds. The molecule has 1 aromatic carbocycles. The molecule has 0 radical (unpaired) electrons. The number of hydrogen-bond donors (Lipinski definition) is 1. The van der Waals surface area contributed by atoms with Crippen molar-refractivity contribution in [3.05, 3.63) is 58.6 Å². The van der Waals surface area contributed by atoms with Crippen molar-refractivity contribution in [3.63, 3.8) is 0 Å². The number of benzene rings is 1. The molecule has 0 aliphatic rings. The van der Waals surface area contributed by atoms with Crippen molar-refractivity contribution in [2.24, 2.45) is 0 Å². The summed E-state index contributed by atoms with van der Waals surface area (Å²) >= 11 is 5.94. The highest BCUT2D eigenvalue weighted by atomic mass is 35.5. The zero-order chi connectivity index (χ0) is 13.7. The summed E-state index contributed by atoms with van der Waals surface area (Å²) < 4.78 is 0. The van der Waals surface area contributed by atoms with Gasteiger partial charge in [0.15, 0.2) is 0 Å². The summed E-state index contributed by atoms with van der Waals surface area (Å²) in [5.41, 5.74) is 3.01. The molecule has 1 unspecified atom stereocenters. The fourth-order valence-corrected chi connectivity index (χ4v) is 2.01. The van der Waals surface area contributed by atoms with Crippen molar-refractivity contribution >= 4 is 11.6 Å². The van der Waals surface area contributed by atoms with E-state index in [9.17, 15) is 0 Å². The molecule has 3 nitrogen and oxygen atoms in total. The van der Waals surface area contributed by atoms with Crippen LogP contribution in [0.1, 0.15) is 36.3 Å².